The van der Waals surface area contributed by atoms with Crippen molar-refractivity contribution >= 4 is 17.7 Å². The van der Waals surface area contributed by atoms with E-state index >= 15 is 0 Å². The van der Waals surface area contributed by atoms with Gasteiger partial charge in [-0.05, 0) is 6.92 Å². The fourth-order valence-electron chi connectivity index (χ4n) is 2.20. The zero-order valence-electron chi connectivity index (χ0n) is 16.2. The number of carboxylic acids is 2. The number of hydrogen-bond acceptors (Lipinski definition) is 7. The Kier molecular flexibility index (Phi) is 10.1. The zero-order chi connectivity index (χ0) is 20.6. The van der Waals surface area contributed by atoms with Crippen molar-refractivity contribution in [2.45, 2.75) is 31.5 Å². The number of nitrogens with zero attached hydrogens (tertiary/aromatic N) is 2. The summed E-state index contributed by atoms with van der Waals surface area (Å²) in [6, 6.07) is 0. The largest absolute Gasteiger partial charge is 0.550 e. The normalized spacial score (nSPS) is 15.4. The minimum atomic E-state index is -1.82. The predicted octanol–water partition coefficient (Wildman–Crippen LogP) is -3.65. The molecule has 0 amide bonds. The van der Waals surface area contributed by atoms with Crippen LogP contribution in [0.3, 0.4) is 0 Å². The number of aliphatic hydroxyl groups is 2. The third kappa shape index (κ3) is 15.7. The van der Waals surface area contributed by atoms with Crippen LogP contribution in [0, 0.1) is 0 Å². The van der Waals surface area contributed by atoms with Crippen LogP contribution >= 0.6 is 0 Å². The Bertz CT molecular complexity index is 466. The van der Waals surface area contributed by atoms with E-state index in [-0.39, 0.29) is 13.0 Å². The molecule has 0 heterocycles. The monoisotopic (exact) mass is 364 g/mol. The molecule has 0 saturated carbocycles. The molecule has 0 rings (SSSR count). The van der Waals surface area contributed by atoms with Gasteiger partial charge in [0.1, 0.15) is 19.2 Å². The topological polar surface area (TPSA) is 138 Å². The van der Waals surface area contributed by atoms with Gasteiger partial charge >= 0.3 is 0 Å². The first-order valence-corrected chi connectivity index (χ1v) is 7.80. The van der Waals surface area contributed by atoms with Crippen LogP contribution in [0.5, 0.6) is 0 Å². The molecule has 0 radical (unpaired) electrons. The van der Waals surface area contributed by atoms with Crippen molar-refractivity contribution in [2.24, 2.45) is 0 Å². The van der Waals surface area contributed by atoms with E-state index in [0.29, 0.717) is 15.5 Å². The summed E-state index contributed by atoms with van der Waals surface area (Å²) in [5.41, 5.74) is -1.82. The lowest BCUT2D eigenvalue weighted by Crippen LogP contribution is -2.55. The van der Waals surface area contributed by atoms with Gasteiger partial charge in [0, 0.05) is 24.8 Å². The van der Waals surface area contributed by atoms with Crippen molar-refractivity contribution in [1.29, 1.82) is 0 Å². The first-order chi connectivity index (χ1) is 10.9. The predicted molar refractivity (Wildman–Crippen MR) is 86.7 cm³/mol. The van der Waals surface area contributed by atoms with Crippen LogP contribution in [0.2, 0.25) is 0 Å². The molecule has 0 aliphatic heterocycles. The van der Waals surface area contributed by atoms with Crippen LogP contribution in [0.15, 0.2) is 0 Å². The fraction of sp³-hybridized carbons (Fsp3) is 0.812. The molecule has 0 spiro atoms. The van der Waals surface area contributed by atoms with Gasteiger partial charge in [-0.3, -0.25) is 4.79 Å². The van der Waals surface area contributed by atoms with Crippen LogP contribution < -0.4 is 10.2 Å². The van der Waals surface area contributed by atoms with Gasteiger partial charge in [0.2, 0.25) is 0 Å². The van der Waals surface area contributed by atoms with Crippen molar-refractivity contribution in [1.82, 2.24) is 0 Å². The van der Waals surface area contributed by atoms with Gasteiger partial charge in [-0.15, -0.1) is 0 Å². The van der Waals surface area contributed by atoms with Crippen LogP contribution in [0.1, 0.15) is 19.8 Å². The first kappa shape index (κ1) is 25.7. The molecule has 9 heteroatoms. The van der Waals surface area contributed by atoms with E-state index in [0.717, 1.165) is 0 Å². The molecule has 0 unspecified atom stereocenters. The molecule has 0 saturated heterocycles. The highest BCUT2D eigenvalue weighted by Crippen LogP contribution is 2.15. The van der Waals surface area contributed by atoms with E-state index in [1.807, 2.05) is 21.1 Å². The average Bonchev–Trinajstić information content (AvgIpc) is 2.20. The van der Waals surface area contributed by atoms with Gasteiger partial charge in [-0.2, -0.15) is 0 Å². The van der Waals surface area contributed by atoms with Crippen molar-refractivity contribution in [3.63, 3.8) is 0 Å². The highest BCUT2D eigenvalue weighted by atomic mass is 16.4. The molecule has 2 atom stereocenters. The fourth-order valence-corrected chi connectivity index (χ4v) is 2.20. The summed E-state index contributed by atoms with van der Waals surface area (Å²) in [6.07, 6.45) is -1.74. The van der Waals surface area contributed by atoms with Gasteiger partial charge < -0.3 is 39.0 Å². The Morgan fingerprint density at radius 3 is 1.64 bits per heavy atom. The summed E-state index contributed by atoms with van der Waals surface area (Å²) < 4.78 is 0.859. The lowest BCUT2D eigenvalue weighted by atomic mass is 9.94. The standard InChI is InChI=1S/C9H17NO4.C7H15NO3/c1-7(11)9(14,5-8(12)13)6-10(2,3)4;1-8(2,3)5-6(9)4-7(10)11/h14H,5-6H2,1-4H3;6,9H,4-5H2,1-3H3/t9-;6-/m11/s1. The van der Waals surface area contributed by atoms with Crippen LogP contribution in [0.25, 0.3) is 0 Å². The molecule has 0 aliphatic rings. The second-order valence-electron chi connectivity index (χ2n) is 8.29. The number of carboxylic acid groups (broad SMARTS) is 2. The number of quaternary nitrogens is 2. The van der Waals surface area contributed by atoms with Crippen molar-refractivity contribution in [3.05, 3.63) is 0 Å². The van der Waals surface area contributed by atoms with Gasteiger partial charge in [0.25, 0.3) is 0 Å². The number of aliphatic hydroxyl groups excluding tert-OH is 1. The zero-order valence-corrected chi connectivity index (χ0v) is 16.2. The molecule has 2 N–H and O–H groups in total. The van der Waals surface area contributed by atoms with Gasteiger partial charge in [0.05, 0.1) is 42.3 Å². The lowest BCUT2D eigenvalue weighted by Gasteiger charge is -2.34. The minimum Gasteiger partial charge on any atom is -0.550 e. The number of aliphatic carboxylic acids is 2. The first-order valence-electron chi connectivity index (χ1n) is 7.80. The second-order valence-corrected chi connectivity index (χ2v) is 8.29. The van der Waals surface area contributed by atoms with Crippen molar-refractivity contribution < 1.29 is 43.8 Å². The van der Waals surface area contributed by atoms with Crippen LogP contribution in [-0.2, 0) is 14.4 Å². The number of ketones is 1. The minimum absolute atomic E-state index is 0.0519. The van der Waals surface area contributed by atoms with Crippen LogP contribution in [-0.4, -0.2) is 104 Å². The van der Waals surface area contributed by atoms with Crippen LogP contribution in [0.4, 0.5) is 0 Å². The summed E-state index contributed by atoms with van der Waals surface area (Å²) in [7, 11) is 11.0. The highest BCUT2D eigenvalue weighted by Gasteiger charge is 2.38. The molecule has 0 aromatic rings. The molecular weight excluding hydrogens is 332 g/mol. The van der Waals surface area contributed by atoms with E-state index in [1.54, 1.807) is 21.1 Å². The third-order valence-electron chi connectivity index (χ3n) is 2.99. The number of rotatable bonds is 9. The number of carbonyl (C=O) groups is 3. The van der Waals surface area contributed by atoms with E-state index in [1.165, 1.54) is 6.92 Å². The lowest BCUT2D eigenvalue weighted by molar-refractivity contribution is -0.875. The average molecular weight is 364 g/mol. The van der Waals surface area contributed by atoms with Crippen molar-refractivity contribution in [2.75, 3.05) is 55.4 Å². The number of Topliss-reactive ketones (excluding diaryl/α,β-unsaturated/α-hetero) is 1. The SMILES string of the molecule is CC(=O)[C@@](O)(CC(=O)[O-])C[N+](C)(C)C.C[N+](C)(C)C[C@H](O)CC(=O)[O-]. The highest BCUT2D eigenvalue weighted by molar-refractivity contribution is 5.88. The summed E-state index contributed by atoms with van der Waals surface area (Å²) in [4.78, 5) is 31.5. The molecule has 0 aliphatic carbocycles. The maximum Gasteiger partial charge on any atom is 0.176 e. The molecule has 0 aromatic carbocycles. The Morgan fingerprint density at radius 2 is 1.40 bits per heavy atom. The molecule has 0 aromatic heterocycles. The Hall–Kier alpha value is -1.55. The number of likely N-dealkylation sites (N-methyl/N-ethyl adjacent to an activating group) is 2. The second kappa shape index (κ2) is 9.81. The van der Waals surface area contributed by atoms with E-state index in [4.69, 9.17) is 5.11 Å². The Balaban J connectivity index is 0. The third-order valence-corrected chi connectivity index (χ3v) is 2.99. The van der Waals surface area contributed by atoms with Crippen molar-refractivity contribution in [3.8, 4) is 0 Å². The Morgan fingerprint density at radius 1 is 0.960 bits per heavy atom. The summed E-state index contributed by atoms with van der Waals surface area (Å²) in [6.45, 7) is 1.66. The van der Waals surface area contributed by atoms with E-state index < -0.39 is 35.8 Å². The number of hydrogen-bond donors (Lipinski definition) is 2. The maximum atomic E-state index is 11.1. The summed E-state index contributed by atoms with van der Waals surface area (Å²) in [5.74, 6) is -3.17. The van der Waals surface area contributed by atoms with E-state index in [9.17, 15) is 29.7 Å². The molecule has 0 fully saturated rings. The Labute approximate surface area is 149 Å². The van der Waals surface area contributed by atoms with Gasteiger partial charge in [0.15, 0.2) is 11.4 Å². The number of carbonyl (C=O) groups excluding carboxylic acids is 3. The maximum absolute atomic E-state index is 11.1. The summed E-state index contributed by atoms with van der Waals surface area (Å²) in [5, 5.41) is 39.3. The molecular formula is C16H32N2O7. The molecule has 9 nitrogen and oxygen atoms in total. The molecule has 25 heavy (non-hydrogen) atoms. The quantitative estimate of drug-likeness (QED) is 0.402. The summed E-state index contributed by atoms with van der Waals surface area (Å²) >= 11 is 0. The van der Waals surface area contributed by atoms with Gasteiger partial charge in [-0.1, -0.05) is 0 Å². The molecule has 0 bridgehead atoms. The molecule has 148 valence electrons. The van der Waals surface area contributed by atoms with E-state index in [2.05, 4.69) is 0 Å². The smallest absolute Gasteiger partial charge is 0.176 e. The van der Waals surface area contributed by atoms with Gasteiger partial charge in [-0.25, -0.2) is 0 Å².